The third kappa shape index (κ3) is 3.85. The largest absolute Gasteiger partial charge is 0.378 e. The van der Waals surface area contributed by atoms with Crippen LogP contribution in [0.2, 0.25) is 5.02 Å². The van der Waals surface area contributed by atoms with Crippen LogP contribution in [0.4, 0.5) is 5.13 Å². The van der Waals surface area contributed by atoms with E-state index in [0.29, 0.717) is 47.8 Å². The summed E-state index contributed by atoms with van der Waals surface area (Å²) < 4.78 is 39.7. The molecule has 0 aliphatic carbocycles. The van der Waals surface area contributed by atoms with Crippen LogP contribution in [0, 0.1) is 0 Å². The lowest BCUT2D eigenvalue weighted by atomic mass is 10.2. The van der Waals surface area contributed by atoms with E-state index in [0.717, 1.165) is 4.70 Å². The first kappa shape index (κ1) is 20.2. The molecule has 0 radical (unpaired) electrons. The molecule has 4 aromatic rings. The van der Waals surface area contributed by atoms with Gasteiger partial charge in [0, 0.05) is 18.1 Å². The van der Waals surface area contributed by atoms with Gasteiger partial charge in [-0.2, -0.15) is 0 Å². The number of ether oxygens (including phenoxy) is 1. The van der Waals surface area contributed by atoms with E-state index < -0.39 is 10.0 Å². The average molecular weight is 479 g/mol. The number of aromatic nitrogens is 2. The minimum atomic E-state index is -3.96. The predicted octanol–water partition coefficient (Wildman–Crippen LogP) is 3.36. The van der Waals surface area contributed by atoms with Crippen LogP contribution >= 0.6 is 22.9 Å². The molecule has 1 fully saturated rings. The highest BCUT2D eigenvalue weighted by atomic mass is 35.5. The summed E-state index contributed by atoms with van der Waals surface area (Å²) in [6, 6.07) is 9.38. The molecule has 1 N–H and O–H groups in total. The number of benzene rings is 2. The molecule has 31 heavy (non-hydrogen) atoms. The lowest BCUT2D eigenvalue weighted by molar-refractivity contribution is 0.0297. The van der Waals surface area contributed by atoms with Crippen molar-refractivity contribution in [2.45, 2.75) is 4.90 Å². The van der Waals surface area contributed by atoms with Crippen LogP contribution in [-0.4, -0.2) is 55.7 Å². The maximum absolute atomic E-state index is 13.0. The highest BCUT2D eigenvalue weighted by molar-refractivity contribution is 7.93. The molecule has 160 valence electrons. The van der Waals surface area contributed by atoms with Crippen LogP contribution in [0.5, 0.6) is 0 Å². The fourth-order valence-corrected chi connectivity index (χ4v) is 5.67. The van der Waals surface area contributed by atoms with Crippen LogP contribution < -0.4 is 4.72 Å². The Morgan fingerprint density at radius 1 is 1.16 bits per heavy atom. The Kier molecular flexibility index (Phi) is 5.05. The van der Waals surface area contributed by atoms with Crippen LogP contribution in [0.1, 0.15) is 10.5 Å². The van der Waals surface area contributed by atoms with Crippen molar-refractivity contribution in [2.24, 2.45) is 0 Å². The number of nitrogens with zero attached hydrogens (tertiary/aromatic N) is 3. The number of fused-ring (bicyclic) bond motifs is 2. The Labute approximate surface area is 185 Å². The zero-order valence-corrected chi connectivity index (χ0v) is 18.3. The molecule has 12 heteroatoms. The van der Waals surface area contributed by atoms with E-state index in [1.165, 1.54) is 29.5 Å². The standard InChI is InChI=1S/C19H15ClN4O5S2/c20-11-1-3-14-16(9-11)30-19(21-14)23-31(26,27)12-2-4-15-13(10-12)17(22-29-15)18(25)24-5-7-28-8-6-24/h1-4,9-10H,5-8H2,(H,21,23). The minimum absolute atomic E-state index is 0.0310. The number of amides is 1. The van der Waals surface area contributed by atoms with Gasteiger partial charge >= 0.3 is 0 Å². The van der Waals surface area contributed by atoms with E-state index in [9.17, 15) is 13.2 Å². The zero-order chi connectivity index (χ0) is 21.6. The van der Waals surface area contributed by atoms with Gasteiger partial charge in [0.25, 0.3) is 15.9 Å². The van der Waals surface area contributed by atoms with Gasteiger partial charge in [-0.25, -0.2) is 13.4 Å². The first-order valence-corrected chi connectivity index (χ1v) is 11.9. The number of halogens is 1. The molecule has 0 bridgehead atoms. The number of anilines is 1. The molecule has 2 aromatic heterocycles. The van der Waals surface area contributed by atoms with E-state index in [4.69, 9.17) is 20.9 Å². The number of hydrogen-bond acceptors (Lipinski definition) is 8. The number of hydrogen-bond donors (Lipinski definition) is 1. The van der Waals surface area contributed by atoms with Crippen molar-refractivity contribution in [1.82, 2.24) is 15.0 Å². The van der Waals surface area contributed by atoms with Gasteiger partial charge < -0.3 is 14.2 Å². The topological polar surface area (TPSA) is 115 Å². The van der Waals surface area contributed by atoms with E-state index in [1.54, 1.807) is 23.1 Å². The summed E-state index contributed by atoms with van der Waals surface area (Å²) in [6.45, 7) is 1.76. The van der Waals surface area contributed by atoms with Crippen molar-refractivity contribution in [3.05, 3.63) is 47.1 Å². The van der Waals surface area contributed by atoms with Crippen LogP contribution in [-0.2, 0) is 14.8 Å². The van der Waals surface area contributed by atoms with Crippen molar-refractivity contribution < 1.29 is 22.5 Å². The van der Waals surface area contributed by atoms with Gasteiger partial charge in [-0.05, 0) is 36.4 Å². The van der Waals surface area contributed by atoms with E-state index in [1.807, 2.05) is 0 Å². The monoisotopic (exact) mass is 478 g/mol. The number of carbonyl (C=O) groups is 1. The van der Waals surface area contributed by atoms with Gasteiger partial charge in [0.15, 0.2) is 16.4 Å². The molecule has 3 heterocycles. The second kappa shape index (κ2) is 7.75. The maximum Gasteiger partial charge on any atom is 0.276 e. The summed E-state index contributed by atoms with van der Waals surface area (Å²) in [5.41, 5.74) is 1.04. The molecule has 5 rings (SSSR count). The summed E-state index contributed by atoms with van der Waals surface area (Å²) >= 11 is 7.16. The molecule has 1 aliphatic heterocycles. The van der Waals surface area contributed by atoms with E-state index in [-0.39, 0.29) is 21.6 Å². The molecule has 0 atom stereocenters. The lowest BCUT2D eigenvalue weighted by Gasteiger charge is -2.25. The molecular formula is C19H15ClN4O5S2. The van der Waals surface area contributed by atoms with Crippen molar-refractivity contribution in [2.75, 3.05) is 31.0 Å². The third-order valence-electron chi connectivity index (χ3n) is 4.82. The molecule has 9 nitrogen and oxygen atoms in total. The summed E-state index contributed by atoms with van der Waals surface area (Å²) in [5.74, 6) is -0.326. The number of thiazole rings is 1. The molecule has 1 saturated heterocycles. The second-order valence-electron chi connectivity index (χ2n) is 6.83. The third-order valence-corrected chi connectivity index (χ3v) is 7.46. The second-order valence-corrected chi connectivity index (χ2v) is 9.98. The molecule has 1 aliphatic rings. The average Bonchev–Trinajstić information content (AvgIpc) is 3.36. The Balaban J connectivity index is 1.47. The normalized spacial score (nSPS) is 14.9. The summed E-state index contributed by atoms with van der Waals surface area (Å²) in [7, 11) is -3.96. The smallest absolute Gasteiger partial charge is 0.276 e. The highest BCUT2D eigenvalue weighted by Crippen LogP contribution is 2.30. The van der Waals surface area contributed by atoms with Crippen LogP contribution in [0.15, 0.2) is 45.8 Å². The van der Waals surface area contributed by atoms with Gasteiger partial charge in [0.05, 0.1) is 33.7 Å². The quantitative estimate of drug-likeness (QED) is 0.478. The fourth-order valence-electron chi connectivity index (χ4n) is 3.27. The Morgan fingerprint density at radius 2 is 1.97 bits per heavy atom. The molecule has 0 saturated carbocycles. The van der Waals surface area contributed by atoms with E-state index >= 15 is 0 Å². The van der Waals surface area contributed by atoms with Gasteiger partial charge in [0.1, 0.15) is 0 Å². The van der Waals surface area contributed by atoms with E-state index in [2.05, 4.69) is 14.9 Å². The number of nitrogens with one attached hydrogen (secondary N) is 1. The number of carbonyl (C=O) groups excluding carboxylic acids is 1. The Bertz CT molecular complexity index is 1410. The van der Waals surface area contributed by atoms with Gasteiger partial charge in [-0.1, -0.05) is 28.1 Å². The molecule has 0 unspecified atom stereocenters. The lowest BCUT2D eigenvalue weighted by Crippen LogP contribution is -2.40. The van der Waals surface area contributed by atoms with Crippen LogP contribution in [0.25, 0.3) is 21.2 Å². The minimum Gasteiger partial charge on any atom is -0.378 e. The van der Waals surface area contributed by atoms with Crippen molar-refractivity contribution in [3.8, 4) is 0 Å². The highest BCUT2D eigenvalue weighted by Gasteiger charge is 2.26. The summed E-state index contributed by atoms with van der Waals surface area (Å²) in [4.78, 5) is 18.7. The molecular weight excluding hydrogens is 464 g/mol. The SMILES string of the molecule is O=C(c1noc2ccc(S(=O)(=O)Nc3nc4ccc(Cl)cc4s3)cc12)N1CCOCC1. The molecule has 1 amide bonds. The van der Waals surface area contributed by atoms with Gasteiger partial charge in [0.2, 0.25) is 0 Å². The van der Waals surface area contributed by atoms with Crippen molar-refractivity contribution in [1.29, 1.82) is 0 Å². The first-order chi connectivity index (χ1) is 14.9. The summed E-state index contributed by atoms with van der Waals surface area (Å²) in [6.07, 6.45) is 0. The Hall–Kier alpha value is -2.73. The zero-order valence-electron chi connectivity index (χ0n) is 15.9. The number of morpholine rings is 1. The Morgan fingerprint density at radius 3 is 2.77 bits per heavy atom. The number of rotatable bonds is 4. The van der Waals surface area contributed by atoms with Crippen molar-refractivity contribution in [3.63, 3.8) is 0 Å². The fraction of sp³-hybridized carbons (Fsp3) is 0.211. The number of sulfonamides is 1. The summed E-state index contributed by atoms with van der Waals surface area (Å²) in [5, 5.41) is 4.96. The van der Waals surface area contributed by atoms with Gasteiger partial charge in [-0.3, -0.25) is 9.52 Å². The molecule has 0 spiro atoms. The first-order valence-electron chi connectivity index (χ1n) is 9.26. The van der Waals surface area contributed by atoms with Crippen LogP contribution in [0.3, 0.4) is 0 Å². The van der Waals surface area contributed by atoms with Gasteiger partial charge in [-0.15, -0.1) is 0 Å². The molecule has 2 aromatic carbocycles. The van der Waals surface area contributed by atoms with Crippen molar-refractivity contribution >= 4 is 65.2 Å². The predicted molar refractivity (Wildman–Crippen MR) is 116 cm³/mol. The maximum atomic E-state index is 13.0.